The van der Waals surface area contributed by atoms with Gasteiger partial charge in [-0.3, -0.25) is 9.69 Å². The van der Waals surface area contributed by atoms with Gasteiger partial charge in [0, 0.05) is 30.2 Å². The number of nitriles is 1. The van der Waals surface area contributed by atoms with Crippen LogP contribution < -0.4 is 4.90 Å². The molecule has 32 heavy (non-hydrogen) atoms. The molecule has 1 saturated heterocycles. The average Bonchev–Trinajstić information content (AvgIpc) is 2.80. The number of carbonyl (C=O) groups excluding carboxylic acids is 1. The van der Waals surface area contributed by atoms with Crippen LogP contribution in [-0.4, -0.2) is 36.9 Å². The lowest BCUT2D eigenvalue weighted by molar-refractivity contribution is 0.0914. The first kappa shape index (κ1) is 22.4. The number of aryl methyl sites for hydroxylation is 1. The lowest BCUT2D eigenvalue weighted by Crippen LogP contribution is -2.50. The van der Waals surface area contributed by atoms with Crippen molar-refractivity contribution in [3.63, 3.8) is 0 Å². The highest BCUT2D eigenvalue weighted by Gasteiger charge is 2.30. The van der Waals surface area contributed by atoms with E-state index in [0.717, 1.165) is 34.9 Å². The molecule has 4 nitrogen and oxygen atoms in total. The number of rotatable bonds is 5. The Morgan fingerprint density at radius 2 is 1.75 bits per heavy atom. The number of piperazine rings is 1. The molecule has 0 amide bonds. The number of nitrogens with zero attached hydrogens (tertiary/aromatic N) is 3. The van der Waals surface area contributed by atoms with E-state index in [9.17, 15) is 4.79 Å². The number of anilines is 1. The van der Waals surface area contributed by atoms with Crippen molar-refractivity contribution in [3.8, 4) is 6.07 Å². The van der Waals surface area contributed by atoms with Gasteiger partial charge >= 0.3 is 0 Å². The van der Waals surface area contributed by atoms with Crippen molar-refractivity contribution in [2.75, 3.05) is 31.1 Å². The van der Waals surface area contributed by atoms with Crippen molar-refractivity contribution in [2.24, 2.45) is 0 Å². The molecule has 1 unspecified atom stereocenters. The maximum absolute atomic E-state index is 12.9. The molecule has 1 atom stereocenters. The number of ketones is 1. The van der Waals surface area contributed by atoms with Crippen molar-refractivity contribution < 1.29 is 4.79 Å². The number of Topliss-reactive ketones (excluding diaryl/α,β-unsaturated/α-hetero) is 1. The van der Waals surface area contributed by atoms with Gasteiger partial charge in [0.15, 0.2) is 5.78 Å². The Hall–Kier alpha value is -2.84. The Morgan fingerprint density at radius 3 is 2.41 bits per heavy atom. The van der Waals surface area contributed by atoms with Crippen LogP contribution in [0.15, 0.2) is 66.7 Å². The van der Waals surface area contributed by atoms with Gasteiger partial charge in [-0.15, -0.1) is 0 Å². The zero-order valence-electron chi connectivity index (χ0n) is 17.8. The molecule has 0 bridgehead atoms. The average molecular weight is 464 g/mol. The van der Waals surface area contributed by atoms with Crippen LogP contribution in [0.4, 0.5) is 5.69 Å². The quantitative estimate of drug-likeness (QED) is 0.440. The first-order chi connectivity index (χ1) is 15.4. The molecule has 162 valence electrons. The van der Waals surface area contributed by atoms with E-state index in [4.69, 9.17) is 28.5 Å². The fraction of sp³-hybridized carbons (Fsp3) is 0.231. The lowest BCUT2D eigenvalue weighted by Gasteiger charge is -2.43. The summed E-state index contributed by atoms with van der Waals surface area (Å²) in [6, 6.07) is 22.9. The van der Waals surface area contributed by atoms with Crippen molar-refractivity contribution >= 4 is 34.7 Å². The molecule has 0 aromatic heterocycles. The number of hydrogen-bond acceptors (Lipinski definition) is 4. The van der Waals surface area contributed by atoms with Gasteiger partial charge in [-0.1, -0.05) is 53.5 Å². The van der Waals surface area contributed by atoms with Gasteiger partial charge in [-0.05, 0) is 54.4 Å². The zero-order valence-corrected chi connectivity index (χ0v) is 19.3. The van der Waals surface area contributed by atoms with Crippen LogP contribution in [0.25, 0.3) is 0 Å². The Labute approximate surface area is 198 Å². The van der Waals surface area contributed by atoms with Crippen LogP contribution in [0.3, 0.4) is 0 Å². The van der Waals surface area contributed by atoms with E-state index in [-0.39, 0.29) is 11.8 Å². The predicted molar refractivity (Wildman–Crippen MR) is 130 cm³/mol. The summed E-state index contributed by atoms with van der Waals surface area (Å²) in [6.07, 6.45) is 0. The minimum atomic E-state index is 0.0370. The maximum Gasteiger partial charge on any atom is 0.176 e. The summed E-state index contributed by atoms with van der Waals surface area (Å²) in [5.74, 6) is 0.0474. The number of hydrogen-bond donors (Lipinski definition) is 0. The van der Waals surface area contributed by atoms with E-state index < -0.39 is 0 Å². The van der Waals surface area contributed by atoms with Crippen LogP contribution in [0, 0.1) is 18.3 Å². The highest BCUT2D eigenvalue weighted by Crippen LogP contribution is 2.36. The summed E-state index contributed by atoms with van der Waals surface area (Å²) < 4.78 is 0. The second-order valence-electron chi connectivity index (χ2n) is 8.06. The zero-order chi connectivity index (χ0) is 22.7. The molecule has 0 N–H and O–H groups in total. The van der Waals surface area contributed by atoms with Crippen LogP contribution in [-0.2, 0) is 0 Å². The van der Waals surface area contributed by atoms with E-state index >= 15 is 0 Å². The second kappa shape index (κ2) is 9.75. The maximum atomic E-state index is 12.9. The van der Waals surface area contributed by atoms with Crippen molar-refractivity contribution in [3.05, 3.63) is 99.0 Å². The summed E-state index contributed by atoms with van der Waals surface area (Å²) in [4.78, 5) is 17.4. The van der Waals surface area contributed by atoms with E-state index in [1.165, 1.54) is 0 Å². The van der Waals surface area contributed by atoms with Crippen LogP contribution in [0.5, 0.6) is 0 Å². The SMILES string of the molecule is Cc1ccc(N2CCN(CC(=O)c3ccc(C#N)cc3)CC2c2ccc(Cl)cc2)c(Cl)c1. The molecule has 1 heterocycles. The minimum absolute atomic E-state index is 0.0370. The topological polar surface area (TPSA) is 47.3 Å². The Balaban J connectivity index is 1.57. The van der Waals surface area contributed by atoms with E-state index in [1.807, 2.05) is 37.3 Å². The molecule has 1 aliphatic rings. The third kappa shape index (κ3) is 4.97. The number of halogens is 2. The van der Waals surface area contributed by atoms with Gasteiger partial charge in [-0.2, -0.15) is 5.26 Å². The molecule has 3 aromatic carbocycles. The highest BCUT2D eigenvalue weighted by molar-refractivity contribution is 6.33. The molecular weight excluding hydrogens is 441 g/mol. The molecule has 3 aromatic rings. The molecule has 4 rings (SSSR count). The summed E-state index contributed by atoms with van der Waals surface area (Å²) in [5, 5.41) is 10.4. The smallest absolute Gasteiger partial charge is 0.176 e. The molecule has 1 fully saturated rings. The molecule has 0 spiro atoms. The van der Waals surface area contributed by atoms with E-state index in [2.05, 4.69) is 28.0 Å². The largest absolute Gasteiger partial charge is 0.361 e. The van der Waals surface area contributed by atoms with Crippen LogP contribution in [0.2, 0.25) is 10.0 Å². The fourth-order valence-corrected chi connectivity index (χ4v) is 4.58. The van der Waals surface area contributed by atoms with Gasteiger partial charge in [0.05, 0.1) is 34.9 Å². The van der Waals surface area contributed by atoms with Crippen molar-refractivity contribution in [1.29, 1.82) is 5.26 Å². The van der Waals surface area contributed by atoms with Gasteiger partial charge in [-0.25, -0.2) is 0 Å². The van der Waals surface area contributed by atoms with Crippen molar-refractivity contribution in [1.82, 2.24) is 4.90 Å². The normalized spacial score (nSPS) is 16.6. The summed E-state index contributed by atoms with van der Waals surface area (Å²) in [7, 11) is 0. The highest BCUT2D eigenvalue weighted by atomic mass is 35.5. The minimum Gasteiger partial charge on any atom is -0.361 e. The number of carbonyl (C=O) groups is 1. The predicted octanol–water partition coefficient (Wildman–Crippen LogP) is 5.92. The van der Waals surface area contributed by atoms with E-state index in [1.54, 1.807) is 24.3 Å². The summed E-state index contributed by atoms with van der Waals surface area (Å²) >= 11 is 12.7. The summed E-state index contributed by atoms with van der Waals surface area (Å²) in [6.45, 7) is 4.53. The third-order valence-electron chi connectivity index (χ3n) is 5.84. The van der Waals surface area contributed by atoms with E-state index in [0.29, 0.717) is 29.2 Å². The Kier molecular flexibility index (Phi) is 6.81. The monoisotopic (exact) mass is 463 g/mol. The van der Waals surface area contributed by atoms with Gasteiger partial charge < -0.3 is 4.90 Å². The first-order valence-corrected chi connectivity index (χ1v) is 11.2. The Bertz CT molecular complexity index is 1150. The molecule has 0 aliphatic carbocycles. The Morgan fingerprint density at radius 1 is 1.03 bits per heavy atom. The van der Waals surface area contributed by atoms with Crippen LogP contribution >= 0.6 is 23.2 Å². The molecule has 6 heteroatoms. The first-order valence-electron chi connectivity index (χ1n) is 10.5. The van der Waals surface area contributed by atoms with Gasteiger partial charge in [0.2, 0.25) is 0 Å². The molecule has 0 radical (unpaired) electrons. The fourth-order valence-electron chi connectivity index (χ4n) is 4.11. The van der Waals surface area contributed by atoms with Gasteiger partial charge in [0.1, 0.15) is 0 Å². The molecule has 0 saturated carbocycles. The number of benzene rings is 3. The van der Waals surface area contributed by atoms with Gasteiger partial charge in [0.25, 0.3) is 0 Å². The standard InChI is InChI=1S/C26H23Cl2N3O/c1-18-2-11-24(23(28)14-18)31-13-12-30(16-25(31)20-7-9-22(27)10-8-20)17-26(32)21-5-3-19(15-29)4-6-21/h2-11,14,25H,12-13,16-17H2,1H3. The third-order valence-corrected chi connectivity index (χ3v) is 6.39. The summed E-state index contributed by atoms with van der Waals surface area (Å²) in [5.41, 5.74) is 4.41. The van der Waals surface area contributed by atoms with Crippen molar-refractivity contribution in [2.45, 2.75) is 13.0 Å². The molecule has 1 aliphatic heterocycles. The molecular formula is C26H23Cl2N3O. The second-order valence-corrected chi connectivity index (χ2v) is 8.91. The van der Waals surface area contributed by atoms with Crippen LogP contribution in [0.1, 0.15) is 33.1 Å². The lowest BCUT2D eigenvalue weighted by atomic mass is 10.00.